The molecular formula is C15H19N3O. The number of methoxy groups -OCH3 is 1. The average molecular weight is 257 g/mol. The number of nitriles is 1. The molecule has 2 saturated heterocycles. The van der Waals surface area contributed by atoms with Crippen molar-refractivity contribution in [2.75, 3.05) is 31.6 Å². The number of anilines is 1. The van der Waals surface area contributed by atoms with Crippen LogP contribution in [0.25, 0.3) is 0 Å². The van der Waals surface area contributed by atoms with Crippen LogP contribution in [0.1, 0.15) is 12.5 Å². The molecule has 0 bridgehead atoms. The molecule has 1 N–H and O–H groups in total. The highest BCUT2D eigenvalue weighted by Gasteiger charge is 2.42. The minimum atomic E-state index is 0.471. The summed E-state index contributed by atoms with van der Waals surface area (Å²) in [5.74, 6) is 2.21. The maximum atomic E-state index is 9.30. The zero-order chi connectivity index (χ0) is 13.4. The lowest BCUT2D eigenvalue weighted by atomic mass is 9.95. The molecule has 1 aromatic carbocycles. The molecular weight excluding hydrogens is 238 g/mol. The Kier molecular flexibility index (Phi) is 3.08. The predicted octanol–water partition coefficient (Wildman–Crippen LogP) is 1.61. The molecule has 3 rings (SSSR count). The van der Waals surface area contributed by atoms with Crippen LogP contribution in [0.3, 0.4) is 0 Å². The molecule has 100 valence electrons. The number of nitrogens with one attached hydrogen (secondary N) is 1. The Hall–Kier alpha value is -1.73. The van der Waals surface area contributed by atoms with Crippen LogP contribution in [-0.4, -0.2) is 32.8 Å². The van der Waals surface area contributed by atoms with Crippen molar-refractivity contribution in [3.8, 4) is 11.8 Å². The second-order valence-electron chi connectivity index (χ2n) is 5.47. The summed E-state index contributed by atoms with van der Waals surface area (Å²) < 4.78 is 5.29. The Balaban J connectivity index is 1.96. The largest absolute Gasteiger partial charge is 0.497 e. The van der Waals surface area contributed by atoms with Gasteiger partial charge in [0, 0.05) is 31.7 Å². The Bertz CT molecular complexity index is 523. The predicted molar refractivity (Wildman–Crippen MR) is 74.4 cm³/mol. The van der Waals surface area contributed by atoms with E-state index in [2.05, 4.69) is 23.2 Å². The molecule has 2 fully saturated rings. The van der Waals surface area contributed by atoms with E-state index in [0.29, 0.717) is 17.9 Å². The first-order chi connectivity index (χ1) is 9.24. The van der Waals surface area contributed by atoms with Crippen LogP contribution in [0.5, 0.6) is 5.75 Å². The highest BCUT2D eigenvalue weighted by molar-refractivity contribution is 5.63. The Labute approximate surface area is 114 Å². The number of nitrogens with zero attached hydrogens (tertiary/aromatic N) is 2. The van der Waals surface area contributed by atoms with Gasteiger partial charge in [0.15, 0.2) is 0 Å². The molecule has 4 nitrogen and oxygen atoms in total. The van der Waals surface area contributed by atoms with Crippen LogP contribution in [0.15, 0.2) is 18.2 Å². The highest BCUT2D eigenvalue weighted by Crippen LogP contribution is 2.38. The summed E-state index contributed by atoms with van der Waals surface area (Å²) >= 11 is 0. The van der Waals surface area contributed by atoms with Crippen molar-refractivity contribution in [3.63, 3.8) is 0 Å². The van der Waals surface area contributed by atoms with E-state index < -0.39 is 0 Å². The topological polar surface area (TPSA) is 48.3 Å². The molecule has 1 aromatic rings. The monoisotopic (exact) mass is 257 g/mol. The standard InChI is InChI=1S/C15H19N3O/c1-10-14-8-17-7-12(14)9-18(10)15-5-13(19-2)4-3-11(15)6-16/h3-5,10,12,14,17H,7-9H2,1-2H3. The molecule has 19 heavy (non-hydrogen) atoms. The number of benzene rings is 1. The molecule has 0 radical (unpaired) electrons. The van der Waals surface area contributed by atoms with Gasteiger partial charge in [0.05, 0.1) is 18.4 Å². The van der Waals surface area contributed by atoms with Crippen LogP contribution in [0, 0.1) is 23.2 Å². The van der Waals surface area contributed by atoms with E-state index in [1.54, 1.807) is 7.11 Å². The molecule has 3 unspecified atom stereocenters. The lowest BCUT2D eigenvalue weighted by Crippen LogP contribution is -2.33. The molecule has 0 amide bonds. The summed E-state index contributed by atoms with van der Waals surface area (Å²) in [6.07, 6.45) is 0. The molecule has 2 heterocycles. The van der Waals surface area contributed by atoms with Gasteiger partial charge in [-0.1, -0.05) is 0 Å². The van der Waals surface area contributed by atoms with Crippen molar-refractivity contribution in [2.24, 2.45) is 11.8 Å². The number of ether oxygens (including phenoxy) is 1. The van der Waals surface area contributed by atoms with Crippen molar-refractivity contribution in [1.82, 2.24) is 5.32 Å². The van der Waals surface area contributed by atoms with Gasteiger partial charge < -0.3 is 15.0 Å². The number of rotatable bonds is 2. The van der Waals surface area contributed by atoms with E-state index in [9.17, 15) is 5.26 Å². The summed E-state index contributed by atoms with van der Waals surface area (Å²) in [7, 11) is 1.66. The van der Waals surface area contributed by atoms with Gasteiger partial charge in [-0.25, -0.2) is 0 Å². The van der Waals surface area contributed by atoms with Gasteiger partial charge in [-0.15, -0.1) is 0 Å². The van der Waals surface area contributed by atoms with Crippen molar-refractivity contribution < 1.29 is 4.74 Å². The average Bonchev–Trinajstić information content (AvgIpc) is 3.01. The van der Waals surface area contributed by atoms with Crippen molar-refractivity contribution in [1.29, 1.82) is 5.26 Å². The Morgan fingerprint density at radius 1 is 1.42 bits per heavy atom. The summed E-state index contributed by atoms with van der Waals surface area (Å²) in [5.41, 5.74) is 1.75. The van der Waals surface area contributed by atoms with Gasteiger partial charge in [0.2, 0.25) is 0 Å². The fraction of sp³-hybridized carbons (Fsp3) is 0.533. The minimum Gasteiger partial charge on any atom is -0.497 e. The third-order valence-electron chi connectivity index (χ3n) is 4.57. The lowest BCUT2D eigenvalue weighted by molar-refractivity contribution is 0.414. The number of fused-ring (bicyclic) bond motifs is 1. The molecule has 2 aliphatic rings. The molecule has 3 atom stereocenters. The van der Waals surface area contributed by atoms with Crippen LogP contribution in [-0.2, 0) is 0 Å². The van der Waals surface area contributed by atoms with E-state index in [1.165, 1.54) is 0 Å². The van der Waals surface area contributed by atoms with Gasteiger partial charge in [0.25, 0.3) is 0 Å². The third-order valence-corrected chi connectivity index (χ3v) is 4.57. The van der Waals surface area contributed by atoms with E-state index >= 15 is 0 Å². The molecule has 0 saturated carbocycles. The zero-order valence-electron chi connectivity index (χ0n) is 11.4. The van der Waals surface area contributed by atoms with Gasteiger partial charge in [0.1, 0.15) is 11.8 Å². The second-order valence-corrected chi connectivity index (χ2v) is 5.47. The third kappa shape index (κ3) is 1.95. The molecule has 0 aliphatic carbocycles. The summed E-state index contributed by atoms with van der Waals surface area (Å²) in [4.78, 5) is 2.37. The van der Waals surface area contributed by atoms with E-state index in [4.69, 9.17) is 4.74 Å². The van der Waals surface area contributed by atoms with Crippen LogP contribution >= 0.6 is 0 Å². The Morgan fingerprint density at radius 3 is 2.95 bits per heavy atom. The van der Waals surface area contributed by atoms with Gasteiger partial charge >= 0.3 is 0 Å². The number of hydrogen-bond donors (Lipinski definition) is 1. The SMILES string of the molecule is COc1ccc(C#N)c(N2CC3CNCC3C2C)c1. The zero-order valence-corrected chi connectivity index (χ0v) is 11.4. The van der Waals surface area contributed by atoms with E-state index in [0.717, 1.165) is 36.6 Å². The maximum absolute atomic E-state index is 9.30. The first kappa shape index (κ1) is 12.3. The molecule has 2 aliphatic heterocycles. The normalized spacial score (nSPS) is 29.1. The summed E-state index contributed by atoms with van der Waals surface area (Å²) in [5, 5.41) is 12.8. The highest BCUT2D eigenvalue weighted by atomic mass is 16.5. The van der Waals surface area contributed by atoms with Crippen molar-refractivity contribution in [3.05, 3.63) is 23.8 Å². The van der Waals surface area contributed by atoms with Crippen LogP contribution < -0.4 is 15.0 Å². The van der Waals surface area contributed by atoms with Gasteiger partial charge in [-0.3, -0.25) is 0 Å². The second kappa shape index (κ2) is 4.75. The van der Waals surface area contributed by atoms with E-state index in [1.807, 2.05) is 18.2 Å². The fourth-order valence-corrected chi connectivity index (χ4v) is 3.46. The maximum Gasteiger partial charge on any atom is 0.121 e. The van der Waals surface area contributed by atoms with Crippen LogP contribution in [0.4, 0.5) is 5.69 Å². The molecule has 4 heteroatoms. The first-order valence-corrected chi connectivity index (χ1v) is 6.80. The van der Waals surface area contributed by atoms with Crippen molar-refractivity contribution in [2.45, 2.75) is 13.0 Å². The number of hydrogen-bond acceptors (Lipinski definition) is 4. The quantitative estimate of drug-likeness (QED) is 0.874. The fourth-order valence-electron chi connectivity index (χ4n) is 3.46. The summed E-state index contributed by atoms with van der Waals surface area (Å²) in [6.45, 7) is 5.48. The van der Waals surface area contributed by atoms with Gasteiger partial charge in [-0.05, 0) is 30.9 Å². The summed E-state index contributed by atoms with van der Waals surface area (Å²) in [6, 6.07) is 8.47. The lowest BCUT2D eigenvalue weighted by Gasteiger charge is -2.27. The molecule has 0 spiro atoms. The minimum absolute atomic E-state index is 0.471. The van der Waals surface area contributed by atoms with Crippen LogP contribution in [0.2, 0.25) is 0 Å². The molecule has 0 aromatic heterocycles. The van der Waals surface area contributed by atoms with Gasteiger partial charge in [-0.2, -0.15) is 5.26 Å². The smallest absolute Gasteiger partial charge is 0.121 e. The Morgan fingerprint density at radius 2 is 2.26 bits per heavy atom. The first-order valence-electron chi connectivity index (χ1n) is 6.80. The van der Waals surface area contributed by atoms with Crippen molar-refractivity contribution >= 4 is 5.69 Å². The van der Waals surface area contributed by atoms with E-state index in [-0.39, 0.29) is 0 Å².